The highest BCUT2D eigenvalue weighted by Crippen LogP contribution is 2.47. The largest absolute Gasteiger partial charge is 0.508 e. The Bertz CT molecular complexity index is 947. The highest BCUT2D eigenvalue weighted by molar-refractivity contribution is 8.14. The molecular weight excluding hydrogens is 330 g/mol. The van der Waals surface area contributed by atoms with Gasteiger partial charge in [-0.15, -0.1) is 0 Å². The average molecular weight is 349 g/mol. The molecule has 0 amide bonds. The quantitative estimate of drug-likeness (QED) is 0.737. The van der Waals surface area contributed by atoms with E-state index in [1.165, 1.54) is 5.56 Å². The van der Waals surface area contributed by atoms with Crippen LogP contribution in [0.1, 0.15) is 34.6 Å². The second-order valence-corrected chi connectivity index (χ2v) is 7.49. The number of aromatic nitrogens is 2. The fourth-order valence-corrected chi connectivity index (χ4v) is 4.36. The number of hydrogen-bond acceptors (Lipinski definition) is 4. The predicted molar refractivity (Wildman–Crippen MR) is 103 cm³/mol. The fourth-order valence-electron chi connectivity index (χ4n) is 3.20. The van der Waals surface area contributed by atoms with Crippen LogP contribution in [0.15, 0.2) is 59.6 Å². The molecule has 3 aromatic rings. The number of phenolic OH excluding ortho intramolecular Hbond substituents is 1. The van der Waals surface area contributed by atoms with Crippen LogP contribution < -0.4 is 0 Å². The lowest BCUT2D eigenvalue weighted by molar-refractivity contribution is 0.474. The first kappa shape index (κ1) is 16.0. The van der Waals surface area contributed by atoms with Gasteiger partial charge in [-0.1, -0.05) is 54.2 Å². The lowest BCUT2D eigenvalue weighted by Crippen LogP contribution is -2.07. The number of phenols is 1. The van der Waals surface area contributed by atoms with Crippen LogP contribution >= 0.6 is 11.8 Å². The Morgan fingerprint density at radius 2 is 1.88 bits per heavy atom. The Morgan fingerprint density at radius 1 is 1.08 bits per heavy atom. The van der Waals surface area contributed by atoms with Gasteiger partial charge in [-0.05, 0) is 37.1 Å². The third-order valence-corrected chi connectivity index (χ3v) is 5.48. The van der Waals surface area contributed by atoms with E-state index in [1.807, 2.05) is 54.9 Å². The number of hydrogen-bond donors (Lipinski definition) is 1. The number of thioether (sulfide) groups is 1. The van der Waals surface area contributed by atoms with Gasteiger partial charge in [0.15, 0.2) is 5.82 Å². The lowest BCUT2D eigenvalue weighted by Gasteiger charge is -2.22. The molecule has 0 aliphatic carbocycles. The molecule has 1 aromatic heterocycles. The van der Waals surface area contributed by atoms with Crippen molar-refractivity contribution in [3.8, 4) is 5.75 Å². The number of aliphatic imine (C=N–C) groups is 1. The molecule has 25 heavy (non-hydrogen) atoms. The topological polar surface area (TPSA) is 50.4 Å². The Hall–Kier alpha value is -2.53. The molecule has 0 bridgehead atoms. The van der Waals surface area contributed by atoms with E-state index >= 15 is 0 Å². The van der Waals surface area contributed by atoms with Crippen LogP contribution in [0.2, 0.25) is 0 Å². The molecular formula is C20H19N3OS. The molecule has 4 nitrogen and oxygen atoms in total. The fraction of sp³-hybridized carbons (Fsp3) is 0.200. The molecule has 0 fully saturated rings. The zero-order chi connectivity index (χ0) is 17.4. The van der Waals surface area contributed by atoms with Gasteiger partial charge in [-0.3, -0.25) is 0 Å². The second kappa shape index (κ2) is 6.41. The van der Waals surface area contributed by atoms with E-state index in [1.54, 1.807) is 17.8 Å². The van der Waals surface area contributed by atoms with Crippen LogP contribution in [-0.4, -0.2) is 19.9 Å². The van der Waals surface area contributed by atoms with Crippen molar-refractivity contribution in [2.75, 3.05) is 0 Å². The summed E-state index contributed by atoms with van der Waals surface area (Å²) < 4.78 is 1.99. The van der Waals surface area contributed by atoms with Crippen molar-refractivity contribution in [1.82, 2.24) is 9.78 Å². The van der Waals surface area contributed by atoms with Gasteiger partial charge >= 0.3 is 0 Å². The third-order valence-electron chi connectivity index (χ3n) is 4.31. The van der Waals surface area contributed by atoms with Gasteiger partial charge < -0.3 is 5.11 Å². The third kappa shape index (κ3) is 3.07. The summed E-state index contributed by atoms with van der Waals surface area (Å²) in [6.07, 6.45) is 0. The molecule has 4 rings (SSSR count). The summed E-state index contributed by atoms with van der Waals surface area (Å²) >= 11 is 1.71. The Labute approximate surface area is 151 Å². The van der Waals surface area contributed by atoms with Crippen molar-refractivity contribution in [1.29, 1.82) is 0 Å². The molecule has 0 saturated heterocycles. The van der Waals surface area contributed by atoms with Crippen LogP contribution in [-0.2, 0) is 6.54 Å². The Kier molecular flexibility index (Phi) is 4.09. The number of aromatic hydroxyl groups is 1. The lowest BCUT2D eigenvalue weighted by atomic mass is 10.0. The summed E-state index contributed by atoms with van der Waals surface area (Å²) in [5.74, 6) is 1.21. The summed E-state index contributed by atoms with van der Waals surface area (Å²) in [6, 6.07) is 17.8. The average Bonchev–Trinajstić information content (AvgIpc) is 2.91. The predicted octanol–water partition coefficient (Wildman–Crippen LogP) is 4.83. The van der Waals surface area contributed by atoms with Gasteiger partial charge in [0.05, 0.1) is 22.5 Å². The van der Waals surface area contributed by atoms with Crippen molar-refractivity contribution in [2.24, 2.45) is 4.99 Å². The number of benzene rings is 2. The maximum Gasteiger partial charge on any atom is 0.156 e. The van der Waals surface area contributed by atoms with E-state index in [9.17, 15) is 5.11 Å². The van der Waals surface area contributed by atoms with Crippen molar-refractivity contribution in [3.05, 3.63) is 77.0 Å². The minimum absolute atomic E-state index is 0.101. The maximum atomic E-state index is 9.87. The Balaban J connectivity index is 1.79. The normalized spacial score (nSPS) is 16.4. The van der Waals surface area contributed by atoms with Crippen LogP contribution in [0.4, 0.5) is 5.82 Å². The smallest absolute Gasteiger partial charge is 0.156 e. The van der Waals surface area contributed by atoms with Crippen LogP contribution in [0.5, 0.6) is 5.75 Å². The molecule has 5 heteroatoms. The number of nitrogens with zero attached hydrogens (tertiary/aromatic N) is 3. The molecule has 2 heterocycles. The van der Waals surface area contributed by atoms with E-state index < -0.39 is 0 Å². The standard InChI is InChI=1S/C20H19N3OS/c1-13-18-19(16-9-6-10-17(24)11-16)25-14(2)21-20(18)23(22-13)12-15-7-4-3-5-8-15/h3-11,19,24H,12H2,1-2H3/t19-/m1/s1. The minimum Gasteiger partial charge on any atom is -0.508 e. The molecule has 0 unspecified atom stereocenters. The van der Waals surface area contributed by atoms with Crippen molar-refractivity contribution < 1.29 is 5.11 Å². The molecule has 1 N–H and O–H groups in total. The molecule has 1 aliphatic heterocycles. The highest BCUT2D eigenvalue weighted by Gasteiger charge is 2.29. The van der Waals surface area contributed by atoms with Crippen LogP contribution in [0, 0.1) is 6.92 Å². The van der Waals surface area contributed by atoms with Gasteiger partial charge in [-0.2, -0.15) is 5.10 Å². The number of fused-ring (bicyclic) bond motifs is 1. The van der Waals surface area contributed by atoms with E-state index in [0.717, 1.165) is 27.7 Å². The summed E-state index contributed by atoms with van der Waals surface area (Å²) in [5, 5.41) is 15.7. The summed E-state index contributed by atoms with van der Waals surface area (Å²) in [6.45, 7) is 4.76. The van der Waals surface area contributed by atoms with Gasteiger partial charge in [0.2, 0.25) is 0 Å². The van der Waals surface area contributed by atoms with Gasteiger partial charge in [0.1, 0.15) is 5.75 Å². The molecule has 2 aromatic carbocycles. The second-order valence-electron chi connectivity index (χ2n) is 6.19. The number of rotatable bonds is 3. The van der Waals surface area contributed by atoms with E-state index in [0.29, 0.717) is 6.54 Å². The monoisotopic (exact) mass is 349 g/mol. The van der Waals surface area contributed by atoms with Crippen molar-refractivity contribution in [3.63, 3.8) is 0 Å². The molecule has 0 spiro atoms. The zero-order valence-electron chi connectivity index (χ0n) is 14.2. The van der Waals surface area contributed by atoms with Gasteiger partial charge in [0, 0.05) is 5.56 Å². The molecule has 1 atom stereocenters. The number of aryl methyl sites for hydroxylation is 1. The SMILES string of the molecule is CC1=Nc2c(c(C)nn2Cc2ccccc2)[C@@H](c2cccc(O)c2)S1. The van der Waals surface area contributed by atoms with Gasteiger partial charge in [-0.25, -0.2) is 9.67 Å². The van der Waals surface area contributed by atoms with Gasteiger partial charge in [0.25, 0.3) is 0 Å². The molecule has 0 radical (unpaired) electrons. The minimum atomic E-state index is 0.101. The molecule has 0 saturated carbocycles. The van der Waals surface area contributed by atoms with E-state index in [-0.39, 0.29) is 11.0 Å². The van der Waals surface area contributed by atoms with Crippen molar-refractivity contribution >= 4 is 22.6 Å². The first-order valence-corrected chi connectivity index (χ1v) is 9.12. The maximum absolute atomic E-state index is 9.87. The van der Waals surface area contributed by atoms with E-state index in [4.69, 9.17) is 10.1 Å². The van der Waals surface area contributed by atoms with Crippen molar-refractivity contribution in [2.45, 2.75) is 25.6 Å². The summed E-state index contributed by atoms with van der Waals surface area (Å²) in [4.78, 5) is 4.78. The highest BCUT2D eigenvalue weighted by atomic mass is 32.2. The van der Waals surface area contributed by atoms with Crippen LogP contribution in [0.25, 0.3) is 0 Å². The molecule has 126 valence electrons. The summed E-state index contributed by atoms with van der Waals surface area (Å²) in [5.41, 5.74) is 4.40. The Morgan fingerprint density at radius 3 is 2.64 bits per heavy atom. The molecule has 1 aliphatic rings. The first-order chi connectivity index (χ1) is 12.1. The summed E-state index contributed by atoms with van der Waals surface area (Å²) in [7, 11) is 0. The van der Waals surface area contributed by atoms with E-state index in [2.05, 4.69) is 12.1 Å². The van der Waals surface area contributed by atoms with Crippen LogP contribution in [0.3, 0.4) is 0 Å². The first-order valence-electron chi connectivity index (χ1n) is 8.24. The zero-order valence-corrected chi connectivity index (χ0v) is 15.0.